The van der Waals surface area contributed by atoms with Crippen molar-refractivity contribution in [2.45, 2.75) is 44.3 Å². The van der Waals surface area contributed by atoms with Crippen LogP contribution in [-0.2, 0) is 11.6 Å². The molecular weight excluding hydrogens is 419 g/mol. The van der Waals surface area contributed by atoms with Gasteiger partial charge in [-0.05, 0) is 51.0 Å². The lowest BCUT2D eigenvalue weighted by atomic mass is 10.0. The average molecular weight is 439 g/mol. The minimum Gasteiger partial charge on any atom is -0.368 e. The Bertz CT molecular complexity index is 1180. The van der Waals surface area contributed by atoms with Gasteiger partial charge in [-0.15, -0.1) is 0 Å². The molecule has 3 aromatic rings. The van der Waals surface area contributed by atoms with Gasteiger partial charge in [0.15, 0.2) is 5.82 Å². The largest absolute Gasteiger partial charge is 0.433 e. The summed E-state index contributed by atoms with van der Waals surface area (Å²) < 4.78 is 39.3. The van der Waals surface area contributed by atoms with Gasteiger partial charge in [-0.1, -0.05) is 6.07 Å². The Morgan fingerprint density at radius 3 is 2.47 bits per heavy atom. The van der Waals surface area contributed by atoms with Gasteiger partial charge in [-0.2, -0.15) is 18.4 Å². The highest BCUT2D eigenvalue weighted by Gasteiger charge is 2.46. The summed E-state index contributed by atoms with van der Waals surface area (Å²) in [6.07, 6.45) is -1.43. The van der Waals surface area contributed by atoms with Crippen molar-refractivity contribution < 1.29 is 13.2 Å². The van der Waals surface area contributed by atoms with E-state index < -0.39 is 17.3 Å². The Labute approximate surface area is 182 Å². The summed E-state index contributed by atoms with van der Waals surface area (Å²) in [5.41, 5.74) is -0.207. The zero-order valence-corrected chi connectivity index (χ0v) is 17.4. The Morgan fingerprint density at radius 2 is 1.81 bits per heavy atom. The second-order valence-corrected chi connectivity index (χ2v) is 7.92. The summed E-state index contributed by atoms with van der Waals surface area (Å²) >= 11 is 0. The fourth-order valence-electron chi connectivity index (χ4n) is 3.18. The number of nitrogens with zero attached hydrogens (tertiary/aromatic N) is 5. The van der Waals surface area contributed by atoms with Gasteiger partial charge >= 0.3 is 6.18 Å². The molecule has 0 atom stereocenters. The molecule has 4 rings (SSSR count). The first-order valence-corrected chi connectivity index (χ1v) is 10.0. The molecule has 0 unspecified atom stereocenters. The van der Waals surface area contributed by atoms with Crippen LogP contribution in [0, 0.1) is 11.3 Å². The topological polar surface area (TPSA) is 99.4 Å². The van der Waals surface area contributed by atoms with Crippen LogP contribution in [0.2, 0.25) is 0 Å². The highest BCUT2D eigenvalue weighted by molar-refractivity contribution is 5.64. The van der Waals surface area contributed by atoms with Crippen LogP contribution in [0.25, 0.3) is 11.5 Å². The van der Waals surface area contributed by atoms with E-state index in [-0.39, 0.29) is 17.6 Å². The second-order valence-electron chi connectivity index (χ2n) is 7.92. The molecule has 0 amide bonds. The van der Waals surface area contributed by atoms with Gasteiger partial charge in [0, 0.05) is 24.0 Å². The van der Waals surface area contributed by atoms with Gasteiger partial charge in [-0.3, -0.25) is 4.98 Å². The summed E-state index contributed by atoms with van der Waals surface area (Å²) in [7, 11) is 0. The molecule has 1 aliphatic rings. The molecular formula is C22H20F3N7. The smallest absolute Gasteiger partial charge is 0.368 e. The molecule has 0 saturated heterocycles. The highest BCUT2D eigenvalue weighted by Crippen LogP contribution is 2.47. The molecule has 0 bridgehead atoms. The van der Waals surface area contributed by atoms with Crippen molar-refractivity contribution in [1.29, 1.82) is 5.26 Å². The Morgan fingerprint density at radius 1 is 1.06 bits per heavy atom. The monoisotopic (exact) mass is 439 g/mol. The molecule has 2 N–H and O–H groups in total. The fraction of sp³-hybridized carbons (Fsp3) is 0.318. The van der Waals surface area contributed by atoms with Gasteiger partial charge < -0.3 is 10.6 Å². The summed E-state index contributed by atoms with van der Waals surface area (Å²) in [5, 5.41) is 15.7. The van der Waals surface area contributed by atoms with E-state index in [4.69, 9.17) is 0 Å². The van der Waals surface area contributed by atoms with Gasteiger partial charge in [0.1, 0.15) is 23.0 Å². The quantitative estimate of drug-likeness (QED) is 0.553. The van der Waals surface area contributed by atoms with Crippen LogP contribution in [0.1, 0.15) is 38.1 Å². The van der Waals surface area contributed by atoms with Crippen molar-refractivity contribution >= 4 is 17.3 Å². The summed E-state index contributed by atoms with van der Waals surface area (Å²) in [5.74, 6) is 0.863. The molecule has 164 valence electrons. The van der Waals surface area contributed by atoms with E-state index in [1.807, 2.05) is 13.8 Å². The van der Waals surface area contributed by atoms with Crippen LogP contribution in [0.3, 0.4) is 0 Å². The van der Waals surface area contributed by atoms with Crippen molar-refractivity contribution in [1.82, 2.24) is 19.9 Å². The molecule has 0 aliphatic heterocycles. The first kappa shape index (κ1) is 21.5. The summed E-state index contributed by atoms with van der Waals surface area (Å²) in [6.45, 7) is 3.84. The summed E-state index contributed by atoms with van der Waals surface area (Å²) in [6, 6.07) is 11.1. The lowest BCUT2D eigenvalue weighted by Crippen LogP contribution is -2.13. The number of halogens is 3. The second kappa shape index (κ2) is 8.07. The van der Waals surface area contributed by atoms with Gasteiger partial charge in [0.05, 0.1) is 17.2 Å². The zero-order chi connectivity index (χ0) is 22.9. The van der Waals surface area contributed by atoms with Crippen LogP contribution in [-0.4, -0.2) is 26.0 Å². The van der Waals surface area contributed by atoms with E-state index in [9.17, 15) is 18.4 Å². The van der Waals surface area contributed by atoms with E-state index in [1.54, 1.807) is 24.4 Å². The predicted octanol–water partition coefficient (Wildman–Crippen LogP) is 5.07. The van der Waals surface area contributed by atoms with E-state index in [1.165, 1.54) is 12.1 Å². The number of alkyl halides is 3. The maximum atomic E-state index is 13.1. The van der Waals surface area contributed by atoms with E-state index >= 15 is 0 Å². The first-order valence-electron chi connectivity index (χ1n) is 10.0. The maximum absolute atomic E-state index is 13.1. The lowest BCUT2D eigenvalue weighted by molar-refractivity contribution is -0.141. The number of aromatic nitrogens is 4. The normalized spacial score (nSPS) is 14.7. The zero-order valence-electron chi connectivity index (χ0n) is 17.4. The van der Waals surface area contributed by atoms with Crippen LogP contribution >= 0.6 is 0 Å². The van der Waals surface area contributed by atoms with Crippen LogP contribution in [0.4, 0.5) is 30.5 Å². The van der Waals surface area contributed by atoms with Crippen LogP contribution in [0.15, 0.2) is 42.6 Å². The molecule has 1 fully saturated rings. The number of anilines is 3. The molecule has 1 aliphatic carbocycles. The molecule has 32 heavy (non-hydrogen) atoms. The minimum absolute atomic E-state index is 0.00659. The Kier molecular flexibility index (Phi) is 5.42. The molecule has 0 radical (unpaired) electrons. The molecule has 0 aromatic carbocycles. The number of nitriles is 1. The maximum Gasteiger partial charge on any atom is 0.433 e. The lowest BCUT2D eigenvalue weighted by Gasteiger charge is -2.14. The molecule has 0 spiro atoms. The third-order valence-electron chi connectivity index (χ3n) is 4.92. The van der Waals surface area contributed by atoms with E-state index in [2.05, 4.69) is 36.6 Å². The third-order valence-corrected chi connectivity index (χ3v) is 4.92. The van der Waals surface area contributed by atoms with Crippen LogP contribution < -0.4 is 10.6 Å². The number of hydrogen-bond donors (Lipinski definition) is 2. The van der Waals surface area contributed by atoms with E-state index in [0.29, 0.717) is 23.0 Å². The van der Waals surface area contributed by atoms with Crippen molar-refractivity contribution in [2.75, 3.05) is 10.6 Å². The SMILES string of the molecule is CC(C)Nc1cc(Nc2ccnc(C3(C#N)CC3)c2)nc(-c2cccc(C(F)(F)F)n2)n1. The number of nitrogens with one attached hydrogen (secondary N) is 2. The molecule has 1 saturated carbocycles. The molecule has 3 heterocycles. The number of pyridine rings is 2. The Balaban J connectivity index is 1.71. The molecule has 7 nitrogen and oxygen atoms in total. The minimum atomic E-state index is -4.57. The van der Waals surface area contributed by atoms with Crippen molar-refractivity contribution in [3.8, 4) is 17.6 Å². The molecule has 3 aromatic heterocycles. The van der Waals surface area contributed by atoms with Gasteiger partial charge in [-0.25, -0.2) is 15.0 Å². The highest BCUT2D eigenvalue weighted by atomic mass is 19.4. The standard InChI is InChI=1S/C22H20F3N7/c1-13(2)28-18-11-19(29-14-6-9-27-17(10-14)21(12-26)7-8-21)32-20(31-18)15-4-3-5-16(30-15)22(23,24)25/h3-6,9-11,13H,7-8H2,1-2H3,(H2,27,28,29,31,32). The third kappa shape index (κ3) is 4.61. The number of hydrogen-bond acceptors (Lipinski definition) is 7. The number of rotatable bonds is 6. The van der Waals surface area contributed by atoms with Crippen LogP contribution in [0.5, 0.6) is 0 Å². The average Bonchev–Trinajstić information content (AvgIpc) is 3.54. The van der Waals surface area contributed by atoms with Gasteiger partial charge in [0.25, 0.3) is 0 Å². The predicted molar refractivity (Wildman–Crippen MR) is 113 cm³/mol. The van der Waals surface area contributed by atoms with Gasteiger partial charge in [0.2, 0.25) is 0 Å². The van der Waals surface area contributed by atoms with Crippen molar-refractivity contribution in [3.05, 3.63) is 54.0 Å². The summed E-state index contributed by atoms with van der Waals surface area (Å²) in [4.78, 5) is 16.7. The van der Waals surface area contributed by atoms with Crippen molar-refractivity contribution in [3.63, 3.8) is 0 Å². The van der Waals surface area contributed by atoms with E-state index in [0.717, 1.165) is 18.9 Å². The Hall–Kier alpha value is -3.74. The van der Waals surface area contributed by atoms with Crippen molar-refractivity contribution in [2.24, 2.45) is 0 Å². The molecule has 10 heteroatoms. The first-order chi connectivity index (χ1) is 15.2. The fourth-order valence-corrected chi connectivity index (χ4v) is 3.18.